The Kier molecular flexibility index (Phi) is 4.98. The molecule has 2 aromatic heterocycles. The molecule has 3 heterocycles. The van der Waals surface area contributed by atoms with Crippen LogP contribution in [0.25, 0.3) is 10.4 Å². The average Bonchev–Trinajstić information content (AvgIpc) is 3.11. The highest BCUT2D eigenvalue weighted by atomic mass is 32.2. The van der Waals surface area contributed by atoms with Crippen molar-refractivity contribution < 1.29 is 0 Å². The number of nitrogens with zero attached hydrogens (tertiary/aromatic N) is 2. The molecule has 0 radical (unpaired) electrons. The van der Waals surface area contributed by atoms with E-state index in [1.54, 1.807) is 0 Å². The standard InChI is InChI=1S/C20H21N3OS2/c1-13-3-5-14(6-4-13)18-8-7-15(26-18)11-23-10-9-17-16(12-23)19(24)22-20(21-17)25-2/h3-8H,9-12H2,1-2H3,(H,21,22,24). The van der Waals surface area contributed by atoms with Crippen LogP contribution in [0.3, 0.4) is 0 Å². The molecule has 4 nitrogen and oxygen atoms in total. The third kappa shape index (κ3) is 3.63. The van der Waals surface area contributed by atoms with Crippen molar-refractivity contribution in [3.05, 3.63) is 68.4 Å². The van der Waals surface area contributed by atoms with E-state index in [-0.39, 0.29) is 5.56 Å². The molecule has 3 aromatic rings. The molecule has 0 bridgehead atoms. The fourth-order valence-electron chi connectivity index (χ4n) is 3.25. The Bertz CT molecular complexity index is 975. The molecule has 0 saturated carbocycles. The largest absolute Gasteiger partial charge is 0.301 e. The molecule has 1 aromatic carbocycles. The molecule has 0 amide bonds. The molecule has 0 fully saturated rings. The molecule has 0 atom stereocenters. The van der Waals surface area contributed by atoms with Gasteiger partial charge in [-0.15, -0.1) is 11.3 Å². The quantitative estimate of drug-likeness (QED) is 0.545. The summed E-state index contributed by atoms with van der Waals surface area (Å²) in [7, 11) is 0. The van der Waals surface area contributed by atoms with Crippen LogP contribution in [0.4, 0.5) is 0 Å². The number of thiophene rings is 1. The minimum Gasteiger partial charge on any atom is -0.301 e. The van der Waals surface area contributed by atoms with Crippen molar-refractivity contribution >= 4 is 23.1 Å². The summed E-state index contributed by atoms with van der Waals surface area (Å²) < 4.78 is 0. The van der Waals surface area contributed by atoms with Crippen LogP contribution < -0.4 is 5.56 Å². The maximum Gasteiger partial charge on any atom is 0.256 e. The lowest BCUT2D eigenvalue weighted by Crippen LogP contribution is -2.35. The van der Waals surface area contributed by atoms with Gasteiger partial charge >= 0.3 is 0 Å². The van der Waals surface area contributed by atoms with Crippen LogP contribution in [0.15, 0.2) is 46.3 Å². The number of thioether (sulfide) groups is 1. The van der Waals surface area contributed by atoms with E-state index in [1.807, 2.05) is 17.6 Å². The molecule has 0 aliphatic carbocycles. The smallest absolute Gasteiger partial charge is 0.256 e. The first-order valence-electron chi connectivity index (χ1n) is 8.66. The van der Waals surface area contributed by atoms with Gasteiger partial charge in [0, 0.05) is 35.8 Å². The summed E-state index contributed by atoms with van der Waals surface area (Å²) in [5, 5.41) is 0.711. The lowest BCUT2D eigenvalue weighted by molar-refractivity contribution is 0.243. The molecule has 26 heavy (non-hydrogen) atoms. The first kappa shape index (κ1) is 17.5. The van der Waals surface area contributed by atoms with E-state index in [4.69, 9.17) is 0 Å². The van der Waals surface area contributed by atoms with Gasteiger partial charge in [0.15, 0.2) is 5.16 Å². The molecule has 6 heteroatoms. The van der Waals surface area contributed by atoms with Crippen LogP contribution >= 0.6 is 23.1 Å². The van der Waals surface area contributed by atoms with Crippen molar-refractivity contribution in [1.82, 2.24) is 14.9 Å². The molecular formula is C20H21N3OS2. The van der Waals surface area contributed by atoms with Gasteiger partial charge in [-0.3, -0.25) is 9.69 Å². The van der Waals surface area contributed by atoms with Gasteiger partial charge in [0.25, 0.3) is 5.56 Å². The zero-order chi connectivity index (χ0) is 18.1. The second kappa shape index (κ2) is 7.39. The van der Waals surface area contributed by atoms with Gasteiger partial charge in [-0.2, -0.15) is 0 Å². The highest BCUT2D eigenvalue weighted by Crippen LogP contribution is 2.30. The fraction of sp³-hybridized carbons (Fsp3) is 0.300. The van der Waals surface area contributed by atoms with Crippen molar-refractivity contribution in [1.29, 1.82) is 0 Å². The number of nitrogens with one attached hydrogen (secondary N) is 1. The number of aromatic nitrogens is 2. The number of aromatic amines is 1. The predicted molar refractivity (Wildman–Crippen MR) is 109 cm³/mol. The van der Waals surface area contributed by atoms with E-state index in [0.717, 1.165) is 30.8 Å². The summed E-state index contributed by atoms with van der Waals surface area (Å²) in [6, 6.07) is 13.1. The maximum absolute atomic E-state index is 12.3. The normalized spacial score (nSPS) is 14.4. The first-order chi connectivity index (χ1) is 12.6. The van der Waals surface area contributed by atoms with E-state index < -0.39 is 0 Å². The Morgan fingerprint density at radius 1 is 1.23 bits per heavy atom. The van der Waals surface area contributed by atoms with E-state index in [0.29, 0.717) is 11.7 Å². The Morgan fingerprint density at radius 2 is 2.04 bits per heavy atom. The van der Waals surface area contributed by atoms with Gasteiger partial charge < -0.3 is 4.98 Å². The Morgan fingerprint density at radius 3 is 2.81 bits per heavy atom. The molecule has 4 rings (SSSR count). The average molecular weight is 384 g/mol. The monoisotopic (exact) mass is 383 g/mol. The summed E-state index contributed by atoms with van der Waals surface area (Å²) in [6.45, 7) is 4.59. The Hall–Kier alpha value is -1.89. The van der Waals surface area contributed by atoms with Crippen LogP contribution in [0, 0.1) is 6.92 Å². The van der Waals surface area contributed by atoms with Crippen LogP contribution in [-0.4, -0.2) is 27.7 Å². The molecular weight excluding hydrogens is 362 g/mol. The van der Waals surface area contributed by atoms with Gasteiger partial charge in [0.05, 0.1) is 11.3 Å². The fourth-order valence-corrected chi connectivity index (χ4v) is 4.70. The van der Waals surface area contributed by atoms with Crippen LogP contribution in [0.5, 0.6) is 0 Å². The summed E-state index contributed by atoms with van der Waals surface area (Å²) in [5.74, 6) is 0. The van der Waals surface area contributed by atoms with Crippen molar-refractivity contribution in [2.75, 3.05) is 12.8 Å². The van der Waals surface area contributed by atoms with Crippen molar-refractivity contribution in [3.8, 4) is 10.4 Å². The highest BCUT2D eigenvalue weighted by Gasteiger charge is 2.21. The second-order valence-electron chi connectivity index (χ2n) is 6.59. The predicted octanol–water partition coefficient (Wildman–Crippen LogP) is 4.09. The topological polar surface area (TPSA) is 49.0 Å². The summed E-state index contributed by atoms with van der Waals surface area (Å²) in [5.41, 5.74) is 4.34. The number of benzene rings is 1. The van der Waals surface area contributed by atoms with E-state index in [2.05, 4.69) is 58.2 Å². The highest BCUT2D eigenvalue weighted by molar-refractivity contribution is 7.98. The zero-order valence-electron chi connectivity index (χ0n) is 14.9. The minimum absolute atomic E-state index is 0.00979. The molecule has 1 N–H and O–H groups in total. The summed E-state index contributed by atoms with van der Waals surface area (Å²) in [4.78, 5) is 24.7. The second-order valence-corrected chi connectivity index (χ2v) is 8.56. The SMILES string of the molecule is CSc1nc2c(c(=O)[nH]1)CN(Cc1ccc(-c3ccc(C)cc3)s1)CC2. The third-order valence-electron chi connectivity index (χ3n) is 4.70. The summed E-state index contributed by atoms with van der Waals surface area (Å²) >= 11 is 3.31. The molecule has 1 aliphatic heterocycles. The Labute approximate surface area is 161 Å². The molecule has 0 saturated heterocycles. The van der Waals surface area contributed by atoms with Gasteiger partial charge in [0.1, 0.15) is 0 Å². The first-order valence-corrected chi connectivity index (χ1v) is 10.7. The van der Waals surface area contributed by atoms with Gasteiger partial charge in [-0.05, 0) is 30.9 Å². The van der Waals surface area contributed by atoms with E-state index in [9.17, 15) is 4.79 Å². The maximum atomic E-state index is 12.3. The lowest BCUT2D eigenvalue weighted by atomic mass is 10.1. The number of hydrogen-bond acceptors (Lipinski definition) is 5. The lowest BCUT2D eigenvalue weighted by Gasteiger charge is -2.27. The molecule has 1 aliphatic rings. The van der Waals surface area contributed by atoms with Crippen molar-refractivity contribution in [3.63, 3.8) is 0 Å². The minimum atomic E-state index is 0.00979. The van der Waals surface area contributed by atoms with Gasteiger partial charge in [-0.25, -0.2) is 4.98 Å². The van der Waals surface area contributed by atoms with E-state index in [1.165, 1.54) is 32.6 Å². The summed E-state index contributed by atoms with van der Waals surface area (Å²) in [6.07, 6.45) is 2.77. The van der Waals surface area contributed by atoms with Crippen molar-refractivity contribution in [2.45, 2.75) is 31.6 Å². The molecule has 0 unspecified atom stereocenters. The molecule has 0 spiro atoms. The number of fused-ring (bicyclic) bond motifs is 1. The number of aryl methyl sites for hydroxylation is 1. The Balaban J connectivity index is 1.49. The third-order valence-corrected chi connectivity index (χ3v) is 6.40. The van der Waals surface area contributed by atoms with Crippen LogP contribution in [0.2, 0.25) is 0 Å². The van der Waals surface area contributed by atoms with Gasteiger partial charge in [0.2, 0.25) is 0 Å². The molecule has 134 valence electrons. The number of H-pyrrole nitrogens is 1. The number of hydrogen-bond donors (Lipinski definition) is 1. The zero-order valence-corrected chi connectivity index (χ0v) is 16.5. The van der Waals surface area contributed by atoms with Crippen molar-refractivity contribution in [2.24, 2.45) is 0 Å². The number of rotatable bonds is 4. The van der Waals surface area contributed by atoms with E-state index >= 15 is 0 Å². The van der Waals surface area contributed by atoms with Gasteiger partial charge in [-0.1, -0.05) is 41.6 Å². The van der Waals surface area contributed by atoms with Crippen LogP contribution in [0.1, 0.15) is 21.7 Å². The van der Waals surface area contributed by atoms with Crippen LogP contribution in [-0.2, 0) is 19.5 Å².